The maximum absolute atomic E-state index is 12.8. The third-order valence-electron chi connectivity index (χ3n) is 4.02. The minimum absolute atomic E-state index is 0.0926. The van der Waals surface area contributed by atoms with E-state index in [2.05, 4.69) is 15.0 Å². The summed E-state index contributed by atoms with van der Waals surface area (Å²) in [5.41, 5.74) is 0.784. The Morgan fingerprint density at radius 3 is 2.50 bits per heavy atom. The van der Waals surface area contributed by atoms with Crippen molar-refractivity contribution in [3.05, 3.63) is 71.4 Å². The molecule has 0 radical (unpaired) electrons. The number of sulfonamides is 1. The lowest BCUT2D eigenvalue weighted by Crippen LogP contribution is -2.16. The van der Waals surface area contributed by atoms with Crippen LogP contribution in [0.4, 0.5) is 11.4 Å². The SMILES string of the molecule is COc1ccc(NC(=O)c2cccc(S(=O)(=O)Nc3cc(Cl)ccc3OC)c2)cn1. The van der Waals surface area contributed by atoms with Gasteiger partial charge in [-0.05, 0) is 42.5 Å². The molecule has 0 fully saturated rings. The van der Waals surface area contributed by atoms with Crippen LogP contribution in [-0.4, -0.2) is 33.5 Å². The highest BCUT2D eigenvalue weighted by molar-refractivity contribution is 7.92. The number of methoxy groups -OCH3 is 2. The molecule has 2 aromatic carbocycles. The highest BCUT2D eigenvalue weighted by Gasteiger charge is 2.19. The molecule has 8 nitrogen and oxygen atoms in total. The normalized spacial score (nSPS) is 10.9. The summed E-state index contributed by atoms with van der Waals surface area (Å²) in [5.74, 6) is 0.229. The molecule has 3 rings (SSSR count). The van der Waals surface area contributed by atoms with Crippen LogP contribution >= 0.6 is 11.6 Å². The second-order valence-corrected chi connectivity index (χ2v) is 8.14. The Morgan fingerprint density at radius 2 is 1.83 bits per heavy atom. The number of ether oxygens (including phenoxy) is 2. The molecule has 2 N–H and O–H groups in total. The van der Waals surface area contributed by atoms with Crippen molar-refractivity contribution in [2.24, 2.45) is 0 Å². The Labute approximate surface area is 178 Å². The van der Waals surface area contributed by atoms with Crippen molar-refractivity contribution in [1.29, 1.82) is 0 Å². The van der Waals surface area contributed by atoms with E-state index in [9.17, 15) is 13.2 Å². The van der Waals surface area contributed by atoms with Gasteiger partial charge in [-0.3, -0.25) is 9.52 Å². The molecular weight excluding hydrogens is 430 g/mol. The minimum Gasteiger partial charge on any atom is -0.495 e. The zero-order valence-electron chi connectivity index (χ0n) is 16.0. The Balaban J connectivity index is 1.83. The lowest BCUT2D eigenvalue weighted by atomic mass is 10.2. The number of rotatable bonds is 7. The van der Waals surface area contributed by atoms with Crippen LogP contribution in [-0.2, 0) is 10.0 Å². The van der Waals surface area contributed by atoms with Gasteiger partial charge < -0.3 is 14.8 Å². The van der Waals surface area contributed by atoms with Crippen molar-refractivity contribution in [3.63, 3.8) is 0 Å². The highest BCUT2D eigenvalue weighted by atomic mass is 35.5. The number of halogens is 1. The van der Waals surface area contributed by atoms with Crippen molar-refractivity contribution in [2.75, 3.05) is 24.3 Å². The maximum Gasteiger partial charge on any atom is 0.262 e. The summed E-state index contributed by atoms with van der Waals surface area (Å²) >= 11 is 5.96. The number of aromatic nitrogens is 1. The lowest BCUT2D eigenvalue weighted by Gasteiger charge is -2.13. The number of hydrogen-bond donors (Lipinski definition) is 2. The Kier molecular flexibility index (Phi) is 6.43. The number of carbonyl (C=O) groups excluding carboxylic acids is 1. The van der Waals surface area contributed by atoms with Gasteiger partial charge in [0, 0.05) is 16.7 Å². The largest absolute Gasteiger partial charge is 0.495 e. The molecule has 0 saturated heterocycles. The number of benzene rings is 2. The summed E-state index contributed by atoms with van der Waals surface area (Å²) in [4.78, 5) is 16.4. The fourth-order valence-corrected chi connectivity index (χ4v) is 3.83. The van der Waals surface area contributed by atoms with Crippen LogP contribution in [0, 0.1) is 0 Å². The van der Waals surface area contributed by atoms with Gasteiger partial charge in [-0.1, -0.05) is 17.7 Å². The second-order valence-electron chi connectivity index (χ2n) is 6.02. The fourth-order valence-electron chi connectivity index (χ4n) is 2.55. The molecule has 0 aliphatic carbocycles. The van der Waals surface area contributed by atoms with Gasteiger partial charge in [0.1, 0.15) is 5.75 Å². The van der Waals surface area contributed by atoms with Gasteiger partial charge in [0.2, 0.25) is 5.88 Å². The topological polar surface area (TPSA) is 107 Å². The first kappa shape index (κ1) is 21.4. The molecule has 1 amide bonds. The van der Waals surface area contributed by atoms with Crippen LogP contribution < -0.4 is 19.5 Å². The van der Waals surface area contributed by atoms with Gasteiger partial charge >= 0.3 is 0 Å². The van der Waals surface area contributed by atoms with Gasteiger partial charge in [0.15, 0.2) is 0 Å². The van der Waals surface area contributed by atoms with Gasteiger partial charge in [0.05, 0.1) is 36.7 Å². The van der Waals surface area contributed by atoms with E-state index in [4.69, 9.17) is 21.1 Å². The summed E-state index contributed by atoms with van der Waals surface area (Å²) in [6.45, 7) is 0. The second kappa shape index (κ2) is 9.02. The minimum atomic E-state index is -4.00. The zero-order chi connectivity index (χ0) is 21.7. The molecule has 1 heterocycles. The van der Waals surface area contributed by atoms with Crippen LogP contribution in [0.3, 0.4) is 0 Å². The molecule has 30 heavy (non-hydrogen) atoms. The first-order chi connectivity index (χ1) is 14.3. The maximum atomic E-state index is 12.8. The molecule has 0 saturated carbocycles. The van der Waals surface area contributed by atoms with Crippen molar-refractivity contribution >= 4 is 38.9 Å². The van der Waals surface area contributed by atoms with E-state index in [1.54, 1.807) is 24.3 Å². The number of pyridine rings is 1. The molecule has 0 aliphatic rings. The summed E-state index contributed by atoms with van der Waals surface area (Å²) in [6, 6.07) is 13.4. The Hall–Kier alpha value is -3.30. The van der Waals surface area contributed by atoms with Crippen molar-refractivity contribution in [2.45, 2.75) is 4.90 Å². The van der Waals surface area contributed by atoms with Crippen LogP contribution in [0.1, 0.15) is 10.4 Å². The van der Waals surface area contributed by atoms with E-state index in [1.165, 1.54) is 50.7 Å². The molecular formula is C20H18ClN3O5S. The average Bonchev–Trinajstić information content (AvgIpc) is 2.74. The molecule has 0 atom stereocenters. The molecule has 0 spiro atoms. The van der Waals surface area contributed by atoms with E-state index >= 15 is 0 Å². The number of nitrogens with zero attached hydrogens (tertiary/aromatic N) is 1. The van der Waals surface area contributed by atoms with Crippen LogP contribution in [0.5, 0.6) is 11.6 Å². The Bertz CT molecular complexity index is 1170. The number of amides is 1. The first-order valence-electron chi connectivity index (χ1n) is 8.60. The predicted octanol–water partition coefficient (Wildman–Crippen LogP) is 3.81. The average molecular weight is 448 g/mol. The summed E-state index contributed by atoms with van der Waals surface area (Å²) in [5, 5.41) is 3.00. The quantitative estimate of drug-likeness (QED) is 0.570. The number of carbonyl (C=O) groups is 1. The highest BCUT2D eigenvalue weighted by Crippen LogP contribution is 2.30. The van der Waals surface area contributed by atoms with E-state index < -0.39 is 15.9 Å². The smallest absolute Gasteiger partial charge is 0.262 e. The van der Waals surface area contributed by atoms with Gasteiger partial charge in [-0.2, -0.15) is 0 Å². The molecule has 156 valence electrons. The molecule has 3 aromatic rings. The van der Waals surface area contributed by atoms with Crippen molar-refractivity contribution < 1.29 is 22.7 Å². The van der Waals surface area contributed by atoms with Crippen molar-refractivity contribution in [1.82, 2.24) is 4.98 Å². The zero-order valence-corrected chi connectivity index (χ0v) is 17.6. The summed E-state index contributed by atoms with van der Waals surface area (Å²) in [6.07, 6.45) is 1.43. The number of hydrogen-bond acceptors (Lipinski definition) is 6. The molecule has 0 aliphatic heterocycles. The van der Waals surface area contributed by atoms with E-state index in [0.717, 1.165) is 0 Å². The molecule has 1 aromatic heterocycles. The van der Waals surface area contributed by atoms with E-state index in [-0.39, 0.29) is 16.1 Å². The number of anilines is 2. The van der Waals surface area contributed by atoms with Crippen LogP contribution in [0.15, 0.2) is 65.7 Å². The van der Waals surface area contributed by atoms with E-state index in [1.807, 2.05) is 0 Å². The first-order valence-corrected chi connectivity index (χ1v) is 10.5. The van der Waals surface area contributed by atoms with Gasteiger partial charge in [0.25, 0.3) is 15.9 Å². The van der Waals surface area contributed by atoms with Crippen LogP contribution in [0.2, 0.25) is 5.02 Å². The molecule has 0 bridgehead atoms. The van der Waals surface area contributed by atoms with Gasteiger partial charge in [-0.15, -0.1) is 0 Å². The number of nitrogens with one attached hydrogen (secondary N) is 2. The Morgan fingerprint density at radius 1 is 1.03 bits per heavy atom. The summed E-state index contributed by atoms with van der Waals surface area (Å²) < 4.78 is 38.2. The standard InChI is InChI=1S/C20H18ClN3O5S/c1-28-18-8-6-14(21)11-17(18)24-30(26,27)16-5-3-4-13(10-16)20(25)23-15-7-9-19(29-2)22-12-15/h3-12,24H,1-2H3,(H,23,25). The third kappa shape index (κ3) is 5.00. The van der Waals surface area contributed by atoms with Gasteiger partial charge in [-0.25, -0.2) is 13.4 Å². The summed E-state index contributed by atoms with van der Waals surface area (Å²) in [7, 11) is -1.10. The molecule has 10 heteroatoms. The third-order valence-corrected chi connectivity index (χ3v) is 5.61. The molecule has 0 unspecified atom stereocenters. The van der Waals surface area contributed by atoms with Crippen LogP contribution in [0.25, 0.3) is 0 Å². The fraction of sp³-hybridized carbons (Fsp3) is 0.100. The van der Waals surface area contributed by atoms with Crippen molar-refractivity contribution in [3.8, 4) is 11.6 Å². The van der Waals surface area contributed by atoms with E-state index in [0.29, 0.717) is 22.3 Å². The lowest BCUT2D eigenvalue weighted by molar-refractivity contribution is 0.102. The predicted molar refractivity (Wildman–Crippen MR) is 114 cm³/mol. The monoisotopic (exact) mass is 447 g/mol.